The molecule has 1 N–H and O–H groups in total. The average molecular weight is 401 g/mol. The number of amides is 1. The fourth-order valence-corrected chi connectivity index (χ4v) is 3.35. The van der Waals surface area contributed by atoms with Gasteiger partial charge in [-0.3, -0.25) is 14.4 Å². The predicted molar refractivity (Wildman–Crippen MR) is 90.4 cm³/mol. The summed E-state index contributed by atoms with van der Waals surface area (Å²) >= 11 is 0. The van der Waals surface area contributed by atoms with Gasteiger partial charge in [0.2, 0.25) is 0 Å². The normalized spacial score (nSPS) is 20.0. The van der Waals surface area contributed by atoms with Crippen LogP contribution in [0.15, 0.2) is 12.3 Å². The quantitative estimate of drug-likeness (QED) is 0.539. The molecule has 2 fully saturated rings. The molecule has 0 radical (unpaired) electrons. The van der Waals surface area contributed by atoms with Gasteiger partial charge in [-0.05, 0) is 38.5 Å². The SMILES string of the molecule is N#CC1(NC(=O)COC(=O)C2CCN(/C=C/C(=O)C(F)(F)F)CC2)CCCC1. The molecule has 1 aliphatic carbocycles. The Labute approximate surface area is 160 Å². The number of carbonyl (C=O) groups excluding carboxylic acids is 3. The largest absolute Gasteiger partial charge is 0.455 e. The number of alkyl halides is 3. The van der Waals surface area contributed by atoms with Crippen LogP contribution in [0.3, 0.4) is 0 Å². The molecule has 1 amide bonds. The number of ketones is 1. The van der Waals surface area contributed by atoms with Crippen molar-refractivity contribution in [3.63, 3.8) is 0 Å². The van der Waals surface area contributed by atoms with Crippen LogP contribution < -0.4 is 5.32 Å². The fourth-order valence-electron chi connectivity index (χ4n) is 3.35. The van der Waals surface area contributed by atoms with E-state index in [0.717, 1.165) is 19.0 Å². The van der Waals surface area contributed by atoms with Gasteiger partial charge in [0.25, 0.3) is 11.7 Å². The Kier molecular flexibility index (Phi) is 7.05. The Hall–Kier alpha value is -2.57. The first-order chi connectivity index (χ1) is 13.1. The molecule has 10 heteroatoms. The maximum atomic E-state index is 12.2. The number of halogens is 3. The molecule has 0 aromatic heterocycles. The van der Waals surface area contributed by atoms with Crippen molar-refractivity contribution in [3.8, 4) is 6.07 Å². The number of piperidine rings is 1. The Bertz CT molecular complexity index is 671. The van der Waals surface area contributed by atoms with Gasteiger partial charge in [0.1, 0.15) is 5.54 Å². The van der Waals surface area contributed by atoms with Crippen LogP contribution in [-0.2, 0) is 19.1 Å². The highest BCUT2D eigenvalue weighted by Gasteiger charge is 2.37. The van der Waals surface area contributed by atoms with E-state index in [-0.39, 0.29) is 0 Å². The fraction of sp³-hybridized carbons (Fsp3) is 0.667. The van der Waals surface area contributed by atoms with Gasteiger partial charge >= 0.3 is 12.1 Å². The van der Waals surface area contributed by atoms with Gasteiger partial charge in [0.05, 0.1) is 12.0 Å². The minimum absolute atomic E-state index is 0.297. The lowest BCUT2D eigenvalue weighted by atomic mass is 9.97. The summed E-state index contributed by atoms with van der Waals surface area (Å²) in [6, 6.07) is 2.11. The number of rotatable bonds is 6. The van der Waals surface area contributed by atoms with Crippen LogP contribution in [0.4, 0.5) is 13.2 Å². The molecule has 0 atom stereocenters. The Morgan fingerprint density at radius 3 is 2.36 bits per heavy atom. The molecule has 1 aliphatic heterocycles. The number of nitriles is 1. The first-order valence-electron chi connectivity index (χ1n) is 9.07. The smallest absolute Gasteiger partial charge is 0.454 e. The molecular formula is C18H22F3N3O4. The molecule has 1 saturated carbocycles. The first-order valence-corrected chi connectivity index (χ1v) is 9.07. The van der Waals surface area contributed by atoms with Crippen molar-refractivity contribution in [2.24, 2.45) is 5.92 Å². The summed E-state index contributed by atoms with van der Waals surface area (Å²) in [6.07, 6.45) is 0.190. The number of nitrogens with zero attached hydrogens (tertiary/aromatic N) is 2. The maximum Gasteiger partial charge on any atom is 0.454 e. The van der Waals surface area contributed by atoms with E-state index in [1.54, 1.807) is 0 Å². The van der Waals surface area contributed by atoms with E-state index in [4.69, 9.17) is 4.74 Å². The third-order valence-electron chi connectivity index (χ3n) is 4.97. The van der Waals surface area contributed by atoms with Crippen molar-refractivity contribution >= 4 is 17.7 Å². The van der Waals surface area contributed by atoms with Gasteiger partial charge in [-0.15, -0.1) is 0 Å². The zero-order valence-electron chi connectivity index (χ0n) is 15.3. The summed E-state index contributed by atoms with van der Waals surface area (Å²) in [5.41, 5.74) is -0.880. The molecule has 28 heavy (non-hydrogen) atoms. The third-order valence-corrected chi connectivity index (χ3v) is 4.97. The number of hydrogen-bond donors (Lipinski definition) is 1. The molecule has 7 nitrogen and oxygen atoms in total. The van der Waals surface area contributed by atoms with Crippen molar-refractivity contribution in [1.29, 1.82) is 5.26 Å². The zero-order valence-corrected chi connectivity index (χ0v) is 15.3. The van der Waals surface area contributed by atoms with E-state index in [1.807, 2.05) is 0 Å². The van der Waals surface area contributed by atoms with E-state index in [9.17, 15) is 32.8 Å². The number of nitrogens with one attached hydrogen (secondary N) is 1. The predicted octanol–water partition coefficient (Wildman–Crippen LogP) is 1.84. The molecule has 0 unspecified atom stereocenters. The molecular weight excluding hydrogens is 379 g/mol. The van der Waals surface area contributed by atoms with E-state index in [2.05, 4.69) is 11.4 Å². The molecule has 2 aliphatic rings. The standard InChI is InChI=1S/C18H22F3N3O4/c19-18(20,21)14(25)5-10-24-8-3-13(4-9-24)16(27)28-11-15(26)23-17(12-22)6-1-2-7-17/h5,10,13H,1-4,6-9,11H2,(H,23,26)/b10-5+. The van der Waals surface area contributed by atoms with Crippen LogP contribution in [-0.4, -0.2) is 54.0 Å². The van der Waals surface area contributed by atoms with Gasteiger partial charge in [-0.2, -0.15) is 18.4 Å². The van der Waals surface area contributed by atoms with E-state index >= 15 is 0 Å². The second kappa shape index (κ2) is 9.08. The van der Waals surface area contributed by atoms with E-state index in [0.29, 0.717) is 44.8 Å². The summed E-state index contributed by atoms with van der Waals surface area (Å²) in [5, 5.41) is 11.9. The van der Waals surface area contributed by atoms with Gasteiger partial charge in [0.15, 0.2) is 6.61 Å². The van der Waals surface area contributed by atoms with Crippen LogP contribution in [0.5, 0.6) is 0 Å². The lowest BCUT2D eigenvalue weighted by Crippen LogP contribution is -2.47. The highest BCUT2D eigenvalue weighted by molar-refractivity contribution is 5.94. The second-order valence-corrected chi connectivity index (χ2v) is 7.04. The van der Waals surface area contributed by atoms with Crippen LogP contribution in [0.25, 0.3) is 0 Å². The average Bonchev–Trinajstić information content (AvgIpc) is 3.12. The molecule has 0 bridgehead atoms. The number of ether oxygens (including phenoxy) is 1. The van der Waals surface area contributed by atoms with Crippen molar-refractivity contribution in [1.82, 2.24) is 10.2 Å². The highest BCUT2D eigenvalue weighted by Crippen LogP contribution is 2.28. The number of hydrogen-bond acceptors (Lipinski definition) is 6. The van der Waals surface area contributed by atoms with Crippen LogP contribution in [0.1, 0.15) is 38.5 Å². The summed E-state index contributed by atoms with van der Waals surface area (Å²) in [5.74, 6) is -3.48. The summed E-state index contributed by atoms with van der Waals surface area (Å²) in [4.78, 5) is 36.4. The molecule has 0 aromatic carbocycles. The Morgan fingerprint density at radius 1 is 1.21 bits per heavy atom. The number of carbonyl (C=O) groups is 3. The van der Waals surface area contributed by atoms with Gasteiger partial charge in [0, 0.05) is 25.4 Å². The van der Waals surface area contributed by atoms with Crippen molar-refractivity contribution in [2.75, 3.05) is 19.7 Å². The number of allylic oxidation sites excluding steroid dienone is 1. The highest BCUT2D eigenvalue weighted by atomic mass is 19.4. The number of esters is 1. The second-order valence-electron chi connectivity index (χ2n) is 7.04. The summed E-state index contributed by atoms with van der Waals surface area (Å²) in [7, 11) is 0. The first kappa shape index (κ1) is 21.7. The lowest BCUT2D eigenvalue weighted by Gasteiger charge is -2.30. The van der Waals surface area contributed by atoms with Crippen molar-refractivity contribution < 1.29 is 32.3 Å². The Morgan fingerprint density at radius 2 is 1.82 bits per heavy atom. The van der Waals surface area contributed by atoms with Gasteiger partial charge in [-0.25, -0.2) is 0 Å². The van der Waals surface area contributed by atoms with Crippen LogP contribution >= 0.6 is 0 Å². The zero-order chi connectivity index (χ0) is 20.8. The molecule has 1 heterocycles. The maximum absolute atomic E-state index is 12.2. The van der Waals surface area contributed by atoms with Gasteiger partial charge in [-0.1, -0.05) is 0 Å². The summed E-state index contributed by atoms with van der Waals surface area (Å²) in [6.45, 7) is 0.124. The molecule has 0 spiro atoms. The molecule has 2 rings (SSSR count). The minimum Gasteiger partial charge on any atom is -0.455 e. The molecule has 1 saturated heterocycles. The minimum atomic E-state index is -4.90. The van der Waals surface area contributed by atoms with Crippen LogP contribution in [0.2, 0.25) is 0 Å². The van der Waals surface area contributed by atoms with Crippen LogP contribution in [0, 0.1) is 17.2 Å². The number of likely N-dealkylation sites (tertiary alicyclic amines) is 1. The third kappa shape index (κ3) is 5.97. The summed E-state index contributed by atoms with van der Waals surface area (Å²) < 4.78 is 41.5. The molecule has 0 aromatic rings. The molecule has 154 valence electrons. The lowest BCUT2D eigenvalue weighted by molar-refractivity contribution is -0.165. The van der Waals surface area contributed by atoms with Crippen molar-refractivity contribution in [3.05, 3.63) is 12.3 Å². The van der Waals surface area contributed by atoms with Gasteiger partial charge < -0.3 is 15.0 Å². The monoisotopic (exact) mass is 401 g/mol. The topological polar surface area (TPSA) is 99.5 Å². The van der Waals surface area contributed by atoms with E-state index in [1.165, 1.54) is 4.90 Å². The van der Waals surface area contributed by atoms with E-state index < -0.39 is 41.9 Å². The Balaban J connectivity index is 1.72. The van der Waals surface area contributed by atoms with Crippen molar-refractivity contribution in [2.45, 2.75) is 50.2 Å².